The van der Waals surface area contributed by atoms with Crippen molar-refractivity contribution in [2.75, 3.05) is 44.8 Å². The maximum atomic E-state index is 5.47. The molecular formula is C21H36IN5O. The second-order valence-electron chi connectivity index (χ2n) is 8.32. The number of pyridine rings is 1. The molecule has 0 spiro atoms. The third-order valence-corrected chi connectivity index (χ3v) is 5.73. The molecule has 28 heavy (non-hydrogen) atoms. The summed E-state index contributed by atoms with van der Waals surface area (Å²) in [5.74, 6) is 2.68. The largest absolute Gasteiger partial charge is 0.378 e. The molecule has 158 valence electrons. The number of nitrogens with one attached hydrogen (secondary N) is 2. The summed E-state index contributed by atoms with van der Waals surface area (Å²) in [6, 6.07) is 4.15. The van der Waals surface area contributed by atoms with Crippen molar-refractivity contribution in [3.8, 4) is 0 Å². The maximum Gasteiger partial charge on any atom is 0.191 e. The third kappa shape index (κ3) is 6.20. The molecule has 0 aromatic carbocycles. The fraction of sp³-hybridized carbons (Fsp3) is 0.714. The number of hydrogen-bond acceptors (Lipinski definition) is 4. The first-order valence-corrected chi connectivity index (χ1v) is 10.3. The molecule has 2 aliphatic rings. The summed E-state index contributed by atoms with van der Waals surface area (Å²) in [4.78, 5) is 11.4. The van der Waals surface area contributed by atoms with Gasteiger partial charge in [-0.3, -0.25) is 4.99 Å². The Morgan fingerprint density at radius 2 is 2.04 bits per heavy atom. The molecule has 2 fully saturated rings. The zero-order valence-corrected chi connectivity index (χ0v) is 19.9. The smallest absolute Gasteiger partial charge is 0.191 e. The number of morpholine rings is 1. The number of hydrogen-bond donors (Lipinski definition) is 2. The average Bonchev–Trinajstić information content (AvgIpc) is 2.66. The molecule has 1 aliphatic carbocycles. The van der Waals surface area contributed by atoms with Crippen LogP contribution < -0.4 is 15.5 Å². The van der Waals surface area contributed by atoms with Gasteiger partial charge in [-0.1, -0.05) is 26.3 Å². The van der Waals surface area contributed by atoms with Crippen LogP contribution >= 0.6 is 24.0 Å². The lowest BCUT2D eigenvalue weighted by atomic mass is 9.64. The summed E-state index contributed by atoms with van der Waals surface area (Å²) in [7, 11) is 1.84. The zero-order valence-electron chi connectivity index (χ0n) is 17.5. The highest BCUT2D eigenvalue weighted by Crippen LogP contribution is 2.45. The van der Waals surface area contributed by atoms with Crippen molar-refractivity contribution in [1.82, 2.24) is 15.6 Å². The summed E-state index contributed by atoms with van der Waals surface area (Å²) >= 11 is 0. The van der Waals surface area contributed by atoms with Crippen molar-refractivity contribution in [3.05, 3.63) is 23.9 Å². The molecule has 1 aromatic rings. The van der Waals surface area contributed by atoms with Gasteiger partial charge in [0.2, 0.25) is 0 Å². The Hall–Kier alpha value is -1.09. The Morgan fingerprint density at radius 1 is 1.29 bits per heavy atom. The van der Waals surface area contributed by atoms with Gasteiger partial charge in [-0.25, -0.2) is 4.98 Å². The van der Waals surface area contributed by atoms with Crippen LogP contribution in [0.2, 0.25) is 0 Å². The maximum absolute atomic E-state index is 5.47. The van der Waals surface area contributed by atoms with E-state index in [1.165, 1.54) is 31.2 Å². The highest BCUT2D eigenvalue weighted by molar-refractivity contribution is 14.0. The van der Waals surface area contributed by atoms with E-state index in [1.54, 1.807) is 0 Å². The van der Waals surface area contributed by atoms with E-state index in [0.29, 0.717) is 5.41 Å². The van der Waals surface area contributed by atoms with Crippen molar-refractivity contribution in [2.45, 2.75) is 46.1 Å². The molecule has 6 nitrogen and oxygen atoms in total. The fourth-order valence-electron chi connectivity index (χ4n) is 4.29. The Kier molecular flexibility index (Phi) is 9.27. The van der Waals surface area contributed by atoms with E-state index in [4.69, 9.17) is 4.74 Å². The molecule has 0 unspecified atom stereocenters. The number of ether oxygens (including phenoxy) is 1. The minimum atomic E-state index is 0. The Bertz CT molecular complexity index is 627. The van der Waals surface area contributed by atoms with E-state index < -0.39 is 0 Å². The number of aromatic nitrogens is 1. The molecule has 1 saturated carbocycles. The molecule has 7 heteroatoms. The fourth-order valence-corrected chi connectivity index (χ4v) is 4.29. The molecule has 0 atom stereocenters. The lowest BCUT2D eigenvalue weighted by molar-refractivity contribution is 0.104. The van der Waals surface area contributed by atoms with Crippen LogP contribution in [0.3, 0.4) is 0 Å². The lowest BCUT2D eigenvalue weighted by Gasteiger charge is -2.43. The van der Waals surface area contributed by atoms with Crippen molar-refractivity contribution in [1.29, 1.82) is 0 Å². The molecule has 0 amide bonds. The Balaban J connectivity index is 0.00000280. The van der Waals surface area contributed by atoms with Gasteiger partial charge in [0.1, 0.15) is 5.82 Å². The summed E-state index contributed by atoms with van der Waals surface area (Å²) < 4.78 is 5.47. The van der Waals surface area contributed by atoms with E-state index in [1.807, 2.05) is 19.3 Å². The monoisotopic (exact) mass is 501 g/mol. The topological polar surface area (TPSA) is 61.8 Å². The first kappa shape index (κ1) is 23.2. The second-order valence-corrected chi connectivity index (χ2v) is 8.32. The number of aliphatic imine (C=N–C) groups is 1. The highest BCUT2D eigenvalue weighted by atomic mass is 127. The number of nitrogens with zero attached hydrogens (tertiary/aromatic N) is 3. The van der Waals surface area contributed by atoms with Crippen molar-refractivity contribution in [2.24, 2.45) is 16.3 Å². The van der Waals surface area contributed by atoms with E-state index in [9.17, 15) is 0 Å². The van der Waals surface area contributed by atoms with Gasteiger partial charge in [-0.2, -0.15) is 0 Å². The van der Waals surface area contributed by atoms with Crippen LogP contribution in [0.25, 0.3) is 0 Å². The van der Waals surface area contributed by atoms with Gasteiger partial charge in [-0.15, -0.1) is 24.0 Å². The first-order chi connectivity index (χ1) is 13.1. The molecule has 1 saturated heterocycles. The molecule has 1 aromatic heterocycles. The summed E-state index contributed by atoms with van der Waals surface area (Å²) in [6.07, 6.45) is 7.19. The number of guanidine groups is 1. The van der Waals surface area contributed by atoms with Gasteiger partial charge in [0.25, 0.3) is 0 Å². The highest BCUT2D eigenvalue weighted by Gasteiger charge is 2.37. The van der Waals surface area contributed by atoms with Crippen LogP contribution in [-0.2, 0) is 11.3 Å². The van der Waals surface area contributed by atoms with E-state index in [2.05, 4.69) is 45.4 Å². The zero-order chi connectivity index (χ0) is 19.1. The molecule has 2 heterocycles. The van der Waals surface area contributed by atoms with Gasteiger partial charge in [-0.05, 0) is 36.7 Å². The van der Waals surface area contributed by atoms with Gasteiger partial charge in [0.15, 0.2) is 5.96 Å². The van der Waals surface area contributed by atoms with Crippen LogP contribution in [0.4, 0.5) is 5.82 Å². The lowest BCUT2D eigenvalue weighted by Crippen LogP contribution is -2.47. The van der Waals surface area contributed by atoms with Gasteiger partial charge >= 0.3 is 0 Å². The molecule has 1 aliphatic heterocycles. The van der Waals surface area contributed by atoms with Crippen LogP contribution in [0.1, 0.15) is 45.1 Å². The average molecular weight is 501 g/mol. The predicted molar refractivity (Wildman–Crippen MR) is 127 cm³/mol. The van der Waals surface area contributed by atoms with E-state index in [0.717, 1.165) is 57.1 Å². The Labute approximate surface area is 186 Å². The van der Waals surface area contributed by atoms with Gasteiger partial charge < -0.3 is 20.3 Å². The second kappa shape index (κ2) is 11.2. The summed E-state index contributed by atoms with van der Waals surface area (Å²) in [5, 5.41) is 7.05. The molecular weight excluding hydrogens is 465 g/mol. The minimum absolute atomic E-state index is 0. The molecule has 0 radical (unpaired) electrons. The van der Waals surface area contributed by atoms with Crippen molar-refractivity contribution < 1.29 is 4.74 Å². The normalized spacial score (nSPS) is 19.0. The quantitative estimate of drug-likeness (QED) is 0.341. The standard InChI is InChI=1S/C21H35N5O.HI/c1-17(2)14-21(7-5-8-21)16-25-20(22-3)24-15-18-6-4-9-23-19(18)26-10-12-27-13-11-26;/h4,6,9,17H,5,7-8,10-16H2,1-3H3,(H2,22,24,25);1H. The molecule has 3 rings (SSSR count). The van der Waals surface area contributed by atoms with E-state index >= 15 is 0 Å². The van der Waals surface area contributed by atoms with Gasteiger partial charge in [0.05, 0.1) is 13.2 Å². The predicted octanol–water partition coefficient (Wildman–Crippen LogP) is 3.42. The summed E-state index contributed by atoms with van der Waals surface area (Å²) in [6.45, 7) is 9.70. The van der Waals surface area contributed by atoms with Crippen LogP contribution in [-0.4, -0.2) is 50.8 Å². The van der Waals surface area contributed by atoms with Crippen molar-refractivity contribution in [3.63, 3.8) is 0 Å². The van der Waals surface area contributed by atoms with Crippen LogP contribution in [0, 0.1) is 11.3 Å². The van der Waals surface area contributed by atoms with Gasteiger partial charge in [0, 0.05) is 45.0 Å². The molecule has 0 bridgehead atoms. The SMILES string of the molecule is CN=C(NCc1cccnc1N1CCOCC1)NCC1(CC(C)C)CCC1.I. The summed E-state index contributed by atoms with van der Waals surface area (Å²) in [5.41, 5.74) is 1.65. The first-order valence-electron chi connectivity index (χ1n) is 10.3. The van der Waals surface area contributed by atoms with Crippen LogP contribution in [0.15, 0.2) is 23.3 Å². The number of halogens is 1. The Morgan fingerprint density at radius 3 is 2.64 bits per heavy atom. The molecule has 2 N–H and O–H groups in total. The van der Waals surface area contributed by atoms with Crippen LogP contribution in [0.5, 0.6) is 0 Å². The number of rotatable bonds is 7. The van der Waals surface area contributed by atoms with E-state index in [-0.39, 0.29) is 24.0 Å². The number of anilines is 1. The third-order valence-electron chi connectivity index (χ3n) is 5.73. The van der Waals surface area contributed by atoms with Crippen molar-refractivity contribution >= 4 is 35.8 Å². The minimum Gasteiger partial charge on any atom is -0.378 e.